The third-order valence-corrected chi connectivity index (χ3v) is 4.16. The Labute approximate surface area is 123 Å². The fourth-order valence-corrected chi connectivity index (χ4v) is 2.85. The van der Waals surface area contributed by atoms with Gasteiger partial charge in [-0.15, -0.1) is 0 Å². The zero-order valence-corrected chi connectivity index (χ0v) is 11.8. The molecule has 4 heteroatoms. The van der Waals surface area contributed by atoms with Crippen LogP contribution < -0.4 is 10.1 Å². The number of hydrogen-bond acceptors (Lipinski definition) is 3. The second kappa shape index (κ2) is 5.37. The number of nitrogens with one attached hydrogen (secondary N) is 1. The van der Waals surface area contributed by atoms with Crippen LogP contribution in [0.3, 0.4) is 0 Å². The summed E-state index contributed by atoms with van der Waals surface area (Å²) in [6.45, 7) is 2.49. The van der Waals surface area contributed by atoms with Crippen molar-refractivity contribution in [2.75, 3.05) is 18.5 Å². The molecular weight excluding hydrogens is 269 g/mol. The number of rotatable bonds is 3. The number of para-hydroxylation sites is 1. The van der Waals surface area contributed by atoms with Crippen molar-refractivity contribution in [3.05, 3.63) is 59.9 Å². The number of aliphatic hydroxyl groups excluding tert-OH is 1. The van der Waals surface area contributed by atoms with Crippen molar-refractivity contribution < 1.29 is 14.2 Å². The molecule has 2 aromatic rings. The maximum Gasteiger partial charge on any atom is 0.124 e. The first-order valence-corrected chi connectivity index (χ1v) is 7.02. The average molecular weight is 287 g/mol. The van der Waals surface area contributed by atoms with E-state index in [9.17, 15) is 9.50 Å². The van der Waals surface area contributed by atoms with Crippen LogP contribution in [0.2, 0.25) is 0 Å². The van der Waals surface area contributed by atoms with Gasteiger partial charge in [-0.25, -0.2) is 4.39 Å². The molecule has 2 N–H and O–H groups in total. The molecule has 0 amide bonds. The molecule has 0 aromatic heterocycles. The monoisotopic (exact) mass is 287 g/mol. The minimum atomic E-state index is -0.632. The second-order valence-electron chi connectivity index (χ2n) is 5.47. The summed E-state index contributed by atoms with van der Waals surface area (Å²) >= 11 is 0. The van der Waals surface area contributed by atoms with Crippen molar-refractivity contribution in [2.24, 2.45) is 5.92 Å². The van der Waals surface area contributed by atoms with Crippen LogP contribution in [-0.2, 0) is 5.54 Å². The maximum atomic E-state index is 13.1. The van der Waals surface area contributed by atoms with E-state index in [0.717, 1.165) is 17.0 Å². The Morgan fingerprint density at radius 3 is 2.67 bits per heavy atom. The van der Waals surface area contributed by atoms with Crippen LogP contribution in [-0.4, -0.2) is 18.3 Å². The lowest BCUT2D eigenvalue weighted by Crippen LogP contribution is -2.49. The average Bonchev–Trinajstić information content (AvgIpc) is 2.52. The van der Waals surface area contributed by atoms with Crippen LogP contribution in [0.5, 0.6) is 5.75 Å². The molecule has 0 radical (unpaired) electrons. The van der Waals surface area contributed by atoms with E-state index in [4.69, 9.17) is 4.74 Å². The predicted molar refractivity (Wildman–Crippen MR) is 79.9 cm³/mol. The number of benzene rings is 2. The Bertz CT molecular complexity index is 629. The molecule has 1 aliphatic heterocycles. The molecule has 2 unspecified atom stereocenters. The lowest BCUT2D eigenvalue weighted by molar-refractivity contribution is 0.0995. The van der Waals surface area contributed by atoms with Crippen molar-refractivity contribution in [3.63, 3.8) is 0 Å². The zero-order valence-electron chi connectivity index (χ0n) is 11.8. The molecule has 0 saturated carbocycles. The van der Waals surface area contributed by atoms with Gasteiger partial charge in [0.2, 0.25) is 0 Å². The van der Waals surface area contributed by atoms with E-state index in [1.165, 1.54) is 12.1 Å². The molecule has 21 heavy (non-hydrogen) atoms. The minimum Gasteiger partial charge on any atom is -0.493 e. The first-order valence-electron chi connectivity index (χ1n) is 7.02. The van der Waals surface area contributed by atoms with E-state index in [1.807, 2.05) is 31.2 Å². The lowest BCUT2D eigenvalue weighted by atomic mass is 9.77. The van der Waals surface area contributed by atoms with Crippen LogP contribution >= 0.6 is 0 Å². The van der Waals surface area contributed by atoms with Crippen LogP contribution in [0.1, 0.15) is 12.5 Å². The van der Waals surface area contributed by atoms with Crippen molar-refractivity contribution in [1.29, 1.82) is 0 Å². The highest BCUT2D eigenvalue weighted by atomic mass is 19.1. The van der Waals surface area contributed by atoms with Gasteiger partial charge in [0.25, 0.3) is 0 Å². The number of anilines is 1. The smallest absolute Gasteiger partial charge is 0.124 e. The molecule has 1 aliphatic rings. The molecule has 2 aromatic carbocycles. The largest absolute Gasteiger partial charge is 0.493 e. The Kier molecular flexibility index (Phi) is 3.55. The lowest BCUT2D eigenvalue weighted by Gasteiger charge is -2.43. The van der Waals surface area contributed by atoms with E-state index < -0.39 is 5.54 Å². The molecule has 2 atom stereocenters. The van der Waals surface area contributed by atoms with Crippen molar-refractivity contribution in [1.82, 2.24) is 0 Å². The van der Waals surface area contributed by atoms with Gasteiger partial charge in [0, 0.05) is 17.2 Å². The predicted octanol–water partition coefficient (Wildman–Crippen LogP) is 3.15. The standard InChI is InChI=1S/C17H18FNO2/c1-12-10-21-16-5-3-2-4-15(16)17(12,11-20)19-14-8-6-13(18)7-9-14/h2-9,12,19-20H,10-11H2,1H3. The highest BCUT2D eigenvalue weighted by molar-refractivity contribution is 5.52. The molecular formula is C17H18FNO2. The van der Waals surface area contributed by atoms with Gasteiger partial charge < -0.3 is 15.2 Å². The van der Waals surface area contributed by atoms with Gasteiger partial charge in [-0.2, -0.15) is 0 Å². The van der Waals surface area contributed by atoms with Gasteiger partial charge in [-0.1, -0.05) is 25.1 Å². The summed E-state index contributed by atoms with van der Waals surface area (Å²) in [5.41, 5.74) is 1.07. The van der Waals surface area contributed by atoms with Gasteiger partial charge in [0.15, 0.2) is 0 Å². The van der Waals surface area contributed by atoms with Gasteiger partial charge in [0.05, 0.1) is 18.8 Å². The Morgan fingerprint density at radius 2 is 1.95 bits per heavy atom. The summed E-state index contributed by atoms with van der Waals surface area (Å²) in [6, 6.07) is 13.9. The number of ether oxygens (including phenoxy) is 1. The first kappa shape index (κ1) is 13.9. The van der Waals surface area contributed by atoms with E-state index in [-0.39, 0.29) is 18.3 Å². The summed E-state index contributed by atoms with van der Waals surface area (Å²) in [7, 11) is 0. The Hall–Kier alpha value is -2.07. The highest BCUT2D eigenvalue weighted by Gasteiger charge is 2.43. The van der Waals surface area contributed by atoms with Gasteiger partial charge >= 0.3 is 0 Å². The van der Waals surface area contributed by atoms with Gasteiger partial charge in [0.1, 0.15) is 11.6 Å². The number of fused-ring (bicyclic) bond motifs is 1. The molecule has 3 nitrogen and oxygen atoms in total. The summed E-state index contributed by atoms with van der Waals surface area (Å²) < 4.78 is 18.8. The molecule has 3 rings (SSSR count). The van der Waals surface area contributed by atoms with Crippen LogP contribution in [0.25, 0.3) is 0 Å². The number of halogens is 1. The molecule has 0 saturated heterocycles. The fourth-order valence-electron chi connectivity index (χ4n) is 2.85. The van der Waals surface area contributed by atoms with E-state index in [1.54, 1.807) is 12.1 Å². The summed E-state index contributed by atoms with van der Waals surface area (Å²) in [5.74, 6) is 0.570. The Balaban J connectivity index is 2.04. The Morgan fingerprint density at radius 1 is 1.24 bits per heavy atom. The molecule has 0 bridgehead atoms. The summed E-state index contributed by atoms with van der Waals surface area (Å²) in [4.78, 5) is 0. The summed E-state index contributed by atoms with van der Waals surface area (Å²) in [5, 5.41) is 13.5. The van der Waals surface area contributed by atoms with Crippen LogP contribution in [0, 0.1) is 11.7 Å². The van der Waals surface area contributed by atoms with Crippen molar-refractivity contribution >= 4 is 5.69 Å². The second-order valence-corrected chi connectivity index (χ2v) is 5.47. The molecule has 0 aliphatic carbocycles. The third kappa shape index (κ3) is 2.36. The molecule has 1 heterocycles. The normalized spacial score (nSPS) is 24.0. The molecule has 0 spiro atoms. The summed E-state index contributed by atoms with van der Waals surface area (Å²) in [6.07, 6.45) is 0. The number of aliphatic hydroxyl groups is 1. The maximum absolute atomic E-state index is 13.1. The van der Waals surface area contributed by atoms with Gasteiger partial charge in [-0.05, 0) is 30.3 Å². The fraction of sp³-hybridized carbons (Fsp3) is 0.294. The van der Waals surface area contributed by atoms with Crippen molar-refractivity contribution in [2.45, 2.75) is 12.5 Å². The van der Waals surface area contributed by atoms with Crippen molar-refractivity contribution in [3.8, 4) is 5.75 Å². The van der Waals surface area contributed by atoms with E-state index >= 15 is 0 Å². The molecule has 0 fully saturated rings. The third-order valence-electron chi connectivity index (χ3n) is 4.16. The van der Waals surface area contributed by atoms with Crippen LogP contribution in [0.4, 0.5) is 10.1 Å². The SMILES string of the molecule is CC1COc2ccccc2C1(CO)Nc1ccc(F)cc1. The highest BCUT2D eigenvalue weighted by Crippen LogP contribution is 2.42. The van der Waals surface area contributed by atoms with Gasteiger partial charge in [-0.3, -0.25) is 0 Å². The number of hydrogen-bond donors (Lipinski definition) is 2. The quantitative estimate of drug-likeness (QED) is 0.911. The van der Waals surface area contributed by atoms with E-state index in [0.29, 0.717) is 6.61 Å². The minimum absolute atomic E-state index is 0.0636. The first-order chi connectivity index (χ1) is 10.2. The zero-order chi connectivity index (χ0) is 14.9. The molecule has 110 valence electrons. The topological polar surface area (TPSA) is 41.5 Å². The van der Waals surface area contributed by atoms with E-state index in [2.05, 4.69) is 5.32 Å². The van der Waals surface area contributed by atoms with Crippen LogP contribution in [0.15, 0.2) is 48.5 Å².